The van der Waals surface area contributed by atoms with Gasteiger partial charge in [-0.25, -0.2) is 0 Å². The van der Waals surface area contributed by atoms with Crippen molar-refractivity contribution in [1.29, 1.82) is 0 Å². The topological polar surface area (TPSA) is 52.6 Å². The van der Waals surface area contributed by atoms with Crippen LogP contribution in [0.4, 0.5) is 0 Å². The Hall–Kier alpha value is -0.610. The smallest absolute Gasteiger partial charge is 0.323 e. The van der Waals surface area contributed by atoms with Gasteiger partial charge in [0.05, 0.1) is 0 Å². The monoisotopic (exact) mass is 270 g/mol. The van der Waals surface area contributed by atoms with Gasteiger partial charge >= 0.3 is 5.97 Å². The fraction of sp³-hybridized carbons (Fsp3) is 0.933. The zero-order chi connectivity index (χ0) is 14.5. The summed E-state index contributed by atoms with van der Waals surface area (Å²) in [6, 6.07) is 0.192. The van der Waals surface area contributed by atoms with E-state index in [0.29, 0.717) is 6.42 Å². The average Bonchev–Trinajstić information content (AvgIpc) is 2.75. The average molecular weight is 270 g/mol. The van der Waals surface area contributed by atoms with Crippen LogP contribution < -0.4 is 5.32 Å². The van der Waals surface area contributed by atoms with E-state index in [9.17, 15) is 9.90 Å². The maximum Gasteiger partial charge on any atom is 0.323 e. The molecule has 1 fully saturated rings. The highest BCUT2D eigenvalue weighted by Crippen LogP contribution is 2.21. The SMILES string of the molecule is CCC1CCN(CCCC(C)(NC(C)C)C(=O)O)C1. The molecule has 0 saturated carbocycles. The number of carbonyl (C=O) groups is 1. The van der Waals surface area contributed by atoms with Crippen molar-refractivity contribution in [3.63, 3.8) is 0 Å². The van der Waals surface area contributed by atoms with E-state index in [1.54, 1.807) is 6.92 Å². The Morgan fingerprint density at radius 3 is 2.68 bits per heavy atom. The summed E-state index contributed by atoms with van der Waals surface area (Å²) in [5.41, 5.74) is -0.794. The van der Waals surface area contributed by atoms with Crippen LogP contribution in [0.5, 0.6) is 0 Å². The van der Waals surface area contributed by atoms with Crippen LogP contribution in [0.15, 0.2) is 0 Å². The minimum atomic E-state index is -0.794. The third-order valence-corrected chi connectivity index (χ3v) is 4.18. The largest absolute Gasteiger partial charge is 0.480 e. The van der Waals surface area contributed by atoms with Crippen molar-refractivity contribution in [3.05, 3.63) is 0 Å². The molecule has 1 aliphatic heterocycles. The van der Waals surface area contributed by atoms with Crippen LogP contribution in [0.1, 0.15) is 53.4 Å². The molecule has 2 atom stereocenters. The minimum Gasteiger partial charge on any atom is -0.480 e. The Labute approximate surface area is 117 Å². The fourth-order valence-electron chi connectivity index (χ4n) is 2.98. The molecule has 0 bridgehead atoms. The van der Waals surface area contributed by atoms with E-state index in [1.807, 2.05) is 13.8 Å². The normalized spacial score (nSPS) is 23.7. The van der Waals surface area contributed by atoms with Crippen molar-refractivity contribution in [2.75, 3.05) is 19.6 Å². The van der Waals surface area contributed by atoms with Gasteiger partial charge in [0.2, 0.25) is 0 Å². The Morgan fingerprint density at radius 2 is 2.21 bits per heavy atom. The lowest BCUT2D eigenvalue weighted by Gasteiger charge is -2.29. The van der Waals surface area contributed by atoms with Crippen LogP contribution in [-0.4, -0.2) is 47.2 Å². The lowest BCUT2D eigenvalue weighted by atomic mass is 9.94. The molecule has 0 radical (unpaired) electrons. The van der Waals surface area contributed by atoms with Crippen LogP contribution in [0.2, 0.25) is 0 Å². The number of hydrogen-bond donors (Lipinski definition) is 2. The van der Waals surface area contributed by atoms with Gasteiger partial charge in [0.15, 0.2) is 0 Å². The lowest BCUT2D eigenvalue weighted by Crippen LogP contribution is -2.52. The van der Waals surface area contributed by atoms with Gasteiger partial charge in [-0.15, -0.1) is 0 Å². The fourth-order valence-corrected chi connectivity index (χ4v) is 2.98. The molecule has 1 rings (SSSR count). The van der Waals surface area contributed by atoms with Gasteiger partial charge in [-0.3, -0.25) is 10.1 Å². The molecule has 0 aromatic heterocycles. The van der Waals surface area contributed by atoms with Crippen LogP contribution in [0.3, 0.4) is 0 Å². The van der Waals surface area contributed by atoms with E-state index in [2.05, 4.69) is 17.1 Å². The van der Waals surface area contributed by atoms with Gasteiger partial charge in [-0.2, -0.15) is 0 Å². The zero-order valence-electron chi connectivity index (χ0n) is 12.9. The highest BCUT2D eigenvalue weighted by Gasteiger charge is 2.33. The predicted molar refractivity (Wildman–Crippen MR) is 78.4 cm³/mol. The summed E-state index contributed by atoms with van der Waals surface area (Å²) in [6.45, 7) is 11.4. The second-order valence-electron chi connectivity index (χ2n) is 6.40. The second kappa shape index (κ2) is 7.25. The molecule has 0 amide bonds. The summed E-state index contributed by atoms with van der Waals surface area (Å²) in [5, 5.41) is 12.6. The lowest BCUT2D eigenvalue weighted by molar-refractivity contribution is -0.144. The molecule has 2 N–H and O–H groups in total. The molecule has 19 heavy (non-hydrogen) atoms. The number of carboxylic acids is 1. The molecule has 0 aromatic rings. The zero-order valence-corrected chi connectivity index (χ0v) is 12.9. The van der Waals surface area contributed by atoms with Crippen LogP contribution >= 0.6 is 0 Å². The molecule has 0 aliphatic carbocycles. The van der Waals surface area contributed by atoms with E-state index < -0.39 is 11.5 Å². The molecule has 1 aliphatic rings. The Balaban J connectivity index is 2.35. The summed E-state index contributed by atoms with van der Waals surface area (Å²) in [6.07, 6.45) is 4.20. The number of hydrogen-bond acceptors (Lipinski definition) is 3. The standard InChI is InChI=1S/C15H30N2O2/c1-5-13-7-10-17(11-13)9-6-8-15(4,14(18)19)16-12(2)3/h12-13,16H,5-11H2,1-4H3,(H,18,19). The maximum atomic E-state index is 11.4. The summed E-state index contributed by atoms with van der Waals surface area (Å²) in [5.74, 6) is 0.105. The Bertz CT molecular complexity index is 294. The number of rotatable bonds is 8. The van der Waals surface area contributed by atoms with Crippen LogP contribution in [0.25, 0.3) is 0 Å². The summed E-state index contributed by atoms with van der Waals surface area (Å²) in [7, 11) is 0. The van der Waals surface area contributed by atoms with Crippen LogP contribution in [-0.2, 0) is 4.79 Å². The third-order valence-electron chi connectivity index (χ3n) is 4.18. The third kappa shape index (κ3) is 5.11. The van der Waals surface area contributed by atoms with Gasteiger partial charge in [0.25, 0.3) is 0 Å². The highest BCUT2D eigenvalue weighted by atomic mass is 16.4. The van der Waals surface area contributed by atoms with Crippen molar-refractivity contribution in [2.24, 2.45) is 5.92 Å². The van der Waals surface area contributed by atoms with Crippen molar-refractivity contribution in [1.82, 2.24) is 10.2 Å². The van der Waals surface area contributed by atoms with Gasteiger partial charge in [0, 0.05) is 12.6 Å². The second-order valence-corrected chi connectivity index (χ2v) is 6.40. The molecular formula is C15H30N2O2. The summed E-state index contributed by atoms with van der Waals surface area (Å²) in [4.78, 5) is 13.9. The number of aliphatic carboxylic acids is 1. The molecule has 1 heterocycles. The van der Waals surface area contributed by atoms with E-state index >= 15 is 0 Å². The van der Waals surface area contributed by atoms with Crippen molar-refractivity contribution < 1.29 is 9.90 Å². The molecule has 112 valence electrons. The first kappa shape index (κ1) is 16.4. The summed E-state index contributed by atoms with van der Waals surface area (Å²) >= 11 is 0. The number of nitrogens with one attached hydrogen (secondary N) is 1. The Morgan fingerprint density at radius 1 is 1.53 bits per heavy atom. The first-order valence-electron chi connectivity index (χ1n) is 7.61. The van der Waals surface area contributed by atoms with Crippen molar-refractivity contribution >= 4 is 5.97 Å². The number of nitrogens with zero attached hydrogens (tertiary/aromatic N) is 1. The van der Waals surface area contributed by atoms with Gasteiger partial charge in [-0.1, -0.05) is 13.3 Å². The molecule has 0 aromatic carbocycles. The van der Waals surface area contributed by atoms with Crippen molar-refractivity contribution in [2.45, 2.75) is 65.0 Å². The first-order chi connectivity index (χ1) is 8.87. The molecule has 2 unspecified atom stereocenters. The van der Waals surface area contributed by atoms with E-state index in [1.165, 1.54) is 25.9 Å². The molecular weight excluding hydrogens is 240 g/mol. The molecule has 4 nitrogen and oxygen atoms in total. The quantitative estimate of drug-likeness (QED) is 0.711. The van der Waals surface area contributed by atoms with Gasteiger partial charge < -0.3 is 10.0 Å². The number of likely N-dealkylation sites (tertiary alicyclic amines) is 1. The van der Waals surface area contributed by atoms with Gasteiger partial charge in [-0.05, 0) is 59.0 Å². The van der Waals surface area contributed by atoms with E-state index in [0.717, 1.165) is 18.9 Å². The van der Waals surface area contributed by atoms with Crippen LogP contribution in [0, 0.1) is 5.92 Å². The predicted octanol–water partition coefficient (Wildman–Crippen LogP) is 2.34. The molecule has 0 spiro atoms. The minimum absolute atomic E-state index is 0.192. The highest BCUT2D eigenvalue weighted by molar-refractivity contribution is 5.78. The summed E-state index contributed by atoms with van der Waals surface area (Å²) < 4.78 is 0. The van der Waals surface area contributed by atoms with Crippen molar-refractivity contribution in [3.8, 4) is 0 Å². The van der Waals surface area contributed by atoms with E-state index in [4.69, 9.17) is 0 Å². The molecule has 4 heteroatoms. The Kier molecular flexibility index (Phi) is 6.27. The molecule has 1 saturated heterocycles. The van der Waals surface area contributed by atoms with Gasteiger partial charge in [0.1, 0.15) is 5.54 Å². The maximum absolute atomic E-state index is 11.4. The van der Waals surface area contributed by atoms with E-state index in [-0.39, 0.29) is 6.04 Å². The first-order valence-corrected chi connectivity index (χ1v) is 7.61. The number of carboxylic acid groups (broad SMARTS) is 1.